The van der Waals surface area contributed by atoms with Gasteiger partial charge in [0.2, 0.25) is 0 Å². The van der Waals surface area contributed by atoms with Crippen LogP contribution in [-0.4, -0.2) is 43.0 Å². The van der Waals surface area contributed by atoms with Crippen molar-refractivity contribution in [3.8, 4) is 0 Å². The number of rotatable bonds is 5. The highest BCUT2D eigenvalue weighted by Gasteiger charge is 2.22. The van der Waals surface area contributed by atoms with Crippen LogP contribution in [0.15, 0.2) is 0 Å². The zero-order chi connectivity index (χ0) is 14.2. The Bertz CT molecular complexity index is 287. The summed E-state index contributed by atoms with van der Waals surface area (Å²) in [7, 11) is 0. The van der Waals surface area contributed by atoms with Gasteiger partial charge in [-0.05, 0) is 38.0 Å². The molecule has 2 rings (SSSR count). The number of amides is 2. The van der Waals surface area contributed by atoms with E-state index >= 15 is 0 Å². The summed E-state index contributed by atoms with van der Waals surface area (Å²) in [6.07, 6.45) is 8.07. The van der Waals surface area contributed by atoms with Crippen molar-refractivity contribution in [1.82, 2.24) is 10.6 Å². The third-order valence-corrected chi connectivity index (χ3v) is 4.48. The lowest BCUT2D eigenvalue weighted by atomic mass is 9.92. The van der Waals surface area contributed by atoms with Gasteiger partial charge in [-0.15, -0.1) is 0 Å². The number of urea groups is 1. The van der Waals surface area contributed by atoms with E-state index in [9.17, 15) is 9.90 Å². The molecule has 0 spiro atoms. The molecule has 116 valence electrons. The Hall–Kier alpha value is -0.810. The molecule has 2 amide bonds. The third-order valence-electron chi connectivity index (χ3n) is 4.48. The van der Waals surface area contributed by atoms with Crippen molar-refractivity contribution in [2.75, 3.05) is 19.8 Å². The summed E-state index contributed by atoms with van der Waals surface area (Å²) in [5, 5.41) is 16.0. The van der Waals surface area contributed by atoms with E-state index in [1.807, 2.05) is 0 Å². The molecule has 2 fully saturated rings. The summed E-state index contributed by atoms with van der Waals surface area (Å²) < 4.78 is 5.29. The number of hydrogen-bond acceptors (Lipinski definition) is 3. The van der Waals surface area contributed by atoms with Gasteiger partial charge in [0, 0.05) is 25.8 Å². The lowest BCUT2D eigenvalue weighted by Gasteiger charge is -2.27. The molecular formula is C15H28N2O3. The molecule has 1 saturated heterocycles. The van der Waals surface area contributed by atoms with Gasteiger partial charge in [0.25, 0.3) is 0 Å². The van der Waals surface area contributed by atoms with Crippen molar-refractivity contribution in [2.45, 2.75) is 63.5 Å². The summed E-state index contributed by atoms with van der Waals surface area (Å²) in [5.41, 5.74) is 0. The zero-order valence-electron chi connectivity index (χ0n) is 12.3. The number of hydrogen-bond donors (Lipinski definition) is 3. The minimum atomic E-state index is -0.325. The molecule has 1 heterocycles. The monoisotopic (exact) mass is 284 g/mol. The van der Waals surface area contributed by atoms with Crippen LogP contribution in [0.25, 0.3) is 0 Å². The predicted molar refractivity (Wildman–Crippen MR) is 77.6 cm³/mol. The van der Waals surface area contributed by atoms with Crippen LogP contribution in [-0.2, 0) is 4.74 Å². The Morgan fingerprint density at radius 2 is 1.85 bits per heavy atom. The first-order chi connectivity index (χ1) is 9.75. The molecule has 1 saturated carbocycles. The second-order valence-corrected chi connectivity index (χ2v) is 6.04. The van der Waals surface area contributed by atoms with Gasteiger partial charge in [-0.3, -0.25) is 0 Å². The Kier molecular flexibility index (Phi) is 6.60. The Balaban J connectivity index is 1.56. The highest BCUT2D eigenvalue weighted by atomic mass is 16.5. The molecule has 0 aromatic carbocycles. The average Bonchev–Trinajstić information content (AvgIpc) is 2.49. The smallest absolute Gasteiger partial charge is 0.315 e. The zero-order valence-corrected chi connectivity index (χ0v) is 12.3. The van der Waals surface area contributed by atoms with Crippen LogP contribution in [0, 0.1) is 5.92 Å². The van der Waals surface area contributed by atoms with Crippen molar-refractivity contribution in [1.29, 1.82) is 0 Å². The van der Waals surface area contributed by atoms with Crippen molar-refractivity contribution in [3.05, 3.63) is 0 Å². The molecule has 1 aliphatic heterocycles. The van der Waals surface area contributed by atoms with E-state index in [0.29, 0.717) is 24.9 Å². The minimum Gasteiger partial charge on any atom is -0.393 e. The molecule has 0 bridgehead atoms. The first-order valence-corrected chi connectivity index (χ1v) is 8.06. The molecule has 2 aliphatic rings. The molecule has 5 heteroatoms. The van der Waals surface area contributed by atoms with Crippen molar-refractivity contribution < 1.29 is 14.6 Å². The molecule has 5 nitrogen and oxygen atoms in total. The van der Waals surface area contributed by atoms with Crippen LogP contribution in [0.4, 0.5) is 4.79 Å². The van der Waals surface area contributed by atoms with E-state index in [1.165, 1.54) is 19.3 Å². The SMILES string of the molecule is O=C(NCCC(O)C1CCOCC1)NC1CCCCC1. The molecular weight excluding hydrogens is 256 g/mol. The van der Waals surface area contributed by atoms with E-state index in [-0.39, 0.29) is 12.1 Å². The quantitative estimate of drug-likeness (QED) is 0.721. The first kappa shape index (κ1) is 15.6. The molecule has 20 heavy (non-hydrogen) atoms. The minimum absolute atomic E-state index is 0.0870. The fourth-order valence-electron chi connectivity index (χ4n) is 3.15. The predicted octanol–water partition coefficient (Wildman–Crippen LogP) is 1.80. The lowest BCUT2D eigenvalue weighted by molar-refractivity contribution is 0.00545. The van der Waals surface area contributed by atoms with Crippen LogP contribution < -0.4 is 10.6 Å². The van der Waals surface area contributed by atoms with Gasteiger partial charge >= 0.3 is 6.03 Å². The summed E-state index contributed by atoms with van der Waals surface area (Å²) in [6, 6.07) is 0.250. The van der Waals surface area contributed by atoms with E-state index in [0.717, 1.165) is 38.9 Å². The Morgan fingerprint density at radius 3 is 2.55 bits per heavy atom. The first-order valence-electron chi connectivity index (χ1n) is 8.06. The molecule has 0 radical (unpaired) electrons. The van der Waals surface area contributed by atoms with Gasteiger partial charge in [-0.25, -0.2) is 4.79 Å². The third kappa shape index (κ3) is 5.29. The number of carbonyl (C=O) groups excluding carboxylic acids is 1. The van der Waals surface area contributed by atoms with Gasteiger partial charge in [-0.2, -0.15) is 0 Å². The average molecular weight is 284 g/mol. The fraction of sp³-hybridized carbons (Fsp3) is 0.933. The van der Waals surface area contributed by atoms with Gasteiger partial charge in [-0.1, -0.05) is 19.3 Å². The fourth-order valence-corrected chi connectivity index (χ4v) is 3.15. The number of ether oxygens (including phenoxy) is 1. The van der Waals surface area contributed by atoms with Crippen LogP contribution in [0.1, 0.15) is 51.4 Å². The highest BCUT2D eigenvalue weighted by Crippen LogP contribution is 2.20. The normalized spacial score (nSPS) is 23.2. The number of nitrogens with one attached hydrogen (secondary N) is 2. The van der Waals surface area contributed by atoms with Crippen LogP contribution >= 0.6 is 0 Å². The van der Waals surface area contributed by atoms with Gasteiger partial charge in [0.05, 0.1) is 6.10 Å². The summed E-state index contributed by atoms with van der Waals surface area (Å²) in [4.78, 5) is 11.7. The molecule has 1 aliphatic carbocycles. The molecule has 1 atom stereocenters. The summed E-state index contributed by atoms with van der Waals surface area (Å²) >= 11 is 0. The molecule has 3 N–H and O–H groups in total. The number of carbonyl (C=O) groups is 1. The second-order valence-electron chi connectivity index (χ2n) is 6.04. The van der Waals surface area contributed by atoms with Gasteiger partial charge in [0.15, 0.2) is 0 Å². The van der Waals surface area contributed by atoms with Crippen molar-refractivity contribution in [2.24, 2.45) is 5.92 Å². The van der Waals surface area contributed by atoms with Crippen molar-refractivity contribution >= 4 is 6.03 Å². The summed E-state index contributed by atoms with van der Waals surface area (Å²) in [6.45, 7) is 2.03. The second kappa shape index (κ2) is 8.47. The standard InChI is InChI=1S/C15H28N2O3/c18-14(12-7-10-20-11-8-12)6-9-16-15(19)17-13-4-2-1-3-5-13/h12-14,18H,1-11H2,(H2,16,17,19). The van der Waals surface area contributed by atoms with Gasteiger partial charge < -0.3 is 20.5 Å². The van der Waals surface area contributed by atoms with E-state index in [4.69, 9.17) is 4.74 Å². The van der Waals surface area contributed by atoms with E-state index < -0.39 is 0 Å². The molecule has 0 aromatic rings. The van der Waals surface area contributed by atoms with E-state index in [1.54, 1.807) is 0 Å². The Morgan fingerprint density at radius 1 is 1.15 bits per heavy atom. The van der Waals surface area contributed by atoms with Crippen LogP contribution in [0.3, 0.4) is 0 Å². The maximum absolute atomic E-state index is 11.7. The van der Waals surface area contributed by atoms with Crippen LogP contribution in [0.5, 0.6) is 0 Å². The van der Waals surface area contributed by atoms with Gasteiger partial charge in [0.1, 0.15) is 0 Å². The maximum Gasteiger partial charge on any atom is 0.315 e. The maximum atomic E-state index is 11.7. The Labute approximate surface area is 121 Å². The molecule has 1 unspecified atom stereocenters. The van der Waals surface area contributed by atoms with Crippen molar-refractivity contribution in [3.63, 3.8) is 0 Å². The summed E-state index contributed by atoms with van der Waals surface area (Å²) in [5.74, 6) is 0.326. The lowest BCUT2D eigenvalue weighted by Crippen LogP contribution is -2.44. The van der Waals surface area contributed by atoms with E-state index in [2.05, 4.69) is 10.6 Å². The highest BCUT2D eigenvalue weighted by molar-refractivity contribution is 5.74. The largest absolute Gasteiger partial charge is 0.393 e. The number of aliphatic hydroxyl groups excluding tert-OH is 1. The topological polar surface area (TPSA) is 70.6 Å². The number of aliphatic hydroxyl groups is 1. The van der Waals surface area contributed by atoms with Crippen LogP contribution in [0.2, 0.25) is 0 Å². The molecule has 0 aromatic heterocycles.